The Labute approximate surface area is 74.8 Å². The first-order chi connectivity index (χ1) is 6.22. The smallest absolute Gasteiger partial charge is 0.328 e. The normalized spacial score (nSPS) is 9.77. The molecule has 0 saturated carbocycles. The molecule has 13 heavy (non-hydrogen) atoms. The number of carbonyl (C=O) groups is 1. The number of aliphatic carboxylic acids is 1. The molecule has 1 aromatic heterocycles. The van der Waals surface area contributed by atoms with Gasteiger partial charge in [0.15, 0.2) is 0 Å². The third kappa shape index (κ3) is 2.75. The molecular weight excluding hydrogens is 168 g/mol. The number of nitriles is 1. The lowest BCUT2D eigenvalue weighted by molar-refractivity contribution is -0.131. The molecular formula is C9H6N2O2. The zero-order chi connectivity index (χ0) is 9.68. The van der Waals surface area contributed by atoms with Crippen LogP contribution in [0.4, 0.5) is 0 Å². The summed E-state index contributed by atoms with van der Waals surface area (Å²) in [5.41, 5.74) is 0.967. The Balaban J connectivity index is 2.82. The summed E-state index contributed by atoms with van der Waals surface area (Å²) in [6.45, 7) is 0. The van der Waals surface area contributed by atoms with Crippen molar-refractivity contribution in [2.75, 3.05) is 0 Å². The molecule has 64 valence electrons. The van der Waals surface area contributed by atoms with E-state index in [1.54, 1.807) is 6.07 Å². The van der Waals surface area contributed by atoms with Crippen LogP contribution in [0.5, 0.6) is 0 Å². The van der Waals surface area contributed by atoms with E-state index in [1.165, 1.54) is 18.3 Å². The fourth-order valence-electron chi connectivity index (χ4n) is 0.738. The summed E-state index contributed by atoms with van der Waals surface area (Å²) >= 11 is 0. The van der Waals surface area contributed by atoms with Gasteiger partial charge in [-0.05, 0) is 17.7 Å². The topological polar surface area (TPSA) is 74.0 Å². The monoisotopic (exact) mass is 174 g/mol. The molecule has 0 radical (unpaired) electrons. The maximum atomic E-state index is 10.1. The van der Waals surface area contributed by atoms with E-state index in [0.717, 1.165) is 6.08 Å². The third-order valence-electron chi connectivity index (χ3n) is 1.32. The second-order valence-electron chi connectivity index (χ2n) is 2.26. The van der Waals surface area contributed by atoms with E-state index in [4.69, 9.17) is 10.4 Å². The molecule has 1 aromatic rings. The molecule has 0 aromatic carbocycles. The molecule has 0 aliphatic heterocycles. The SMILES string of the molecule is N#Cc1ccc(C=CC(=O)O)cn1. The minimum atomic E-state index is -1.01. The fraction of sp³-hybridized carbons (Fsp3) is 0. The lowest BCUT2D eigenvalue weighted by atomic mass is 10.2. The highest BCUT2D eigenvalue weighted by Gasteiger charge is 1.91. The van der Waals surface area contributed by atoms with Gasteiger partial charge in [-0.3, -0.25) is 0 Å². The van der Waals surface area contributed by atoms with Gasteiger partial charge < -0.3 is 5.11 Å². The Kier molecular flexibility index (Phi) is 2.77. The molecule has 0 amide bonds. The van der Waals surface area contributed by atoms with Crippen molar-refractivity contribution in [2.45, 2.75) is 0 Å². The Bertz CT molecular complexity index is 374. The molecule has 0 aliphatic carbocycles. The largest absolute Gasteiger partial charge is 0.478 e. The zero-order valence-electron chi connectivity index (χ0n) is 6.64. The van der Waals surface area contributed by atoms with Gasteiger partial charge >= 0.3 is 5.97 Å². The quantitative estimate of drug-likeness (QED) is 0.680. The van der Waals surface area contributed by atoms with Crippen LogP contribution in [0.3, 0.4) is 0 Å². The first-order valence-corrected chi connectivity index (χ1v) is 3.49. The summed E-state index contributed by atoms with van der Waals surface area (Å²) in [6, 6.07) is 5.03. The van der Waals surface area contributed by atoms with Gasteiger partial charge in [-0.25, -0.2) is 9.78 Å². The number of pyridine rings is 1. The first-order valence-electron chi connectivity index (χ1n) is 3.49. The molecule has 0 atom stereocenters. The van der Waals surface area contributed by atoms with Gasteiger partial charge in [0.1, 0.15) is 11.8 Å². The van der Waals surface area contributed by atoms with Crippen LogP contribution in [-0.4, -0.2) is 16.1 Å². The van der Waals surface area contributed by atoms with E-state index in [-0.39, 0.29) is 0 Å². The summed E-state index contributed by atoms with van der Waals surface area (Å²) in [6.07, 6.45) is 3.87. The average Bonchev–Trinajstić information content (AvgIpc) is 2.15. The van der Waals surface area contributed by atoms with Crippen LogP contribution in [0.15, 0.2) is 24.4 Å². The molecule has 1 N–H and O–H groups in total. The van der Waals surface area contributed by atoms with Crippen LogP contribution >= 0.6 is 0 Å². The maximum Gasteiger partial charge on any atom is 0.328 e. The van der Waals surface area contributed by atoms with Crippen molar-refractivity contribution in [1.29, 1.82) is 5.26 Å². The van der Waals surface area contributed by atoms with Crippen molar-refractivity contribution in [3.05, 3.63) is 35.7 Å². The Morgan fingerprint density at radius 1 is 1.62 bits per heavy atom. The van der Waals surface area contributed by atoms with Crippen molar-refractivity contribution in [2.24, 2.45) is 0 Å². The molecule has 1 rings (SSSR count). The van der Waals surface area contributed by atoms with E-state index in [9.17, 15) is 4.79 Å². The highest BCUT2D eigenvalue weighted by atomic mass is 16.4. The Morgan fingerprint density at radius 3 is 2.85 bits per heavy atom. The Hall–Kier alpha value is -2.15. The van der Waals surface area contributed by atoms with Crippen molar-refractivity contribution in [3.63, 3.8) is 0 Å². The van der Waals surface area contributed by atoms with E-state index in [2.05, 4.69) is 4.98 Å². The standard InChI is InChI=1S/C9H6N2O2/c10-5-8-3-1-7(6-11-8)2-4-9(12)13/h1-4,6H,(H,12,13). The summed E-state index contributed by atoms with van der Waals surface area (Å²) in [7, 11) is 0. The van der Waals surface area contributed by atoms with Crippen LogP contribution in [0, 0.1) is 11.3 Å². The van der Waals surface area contributed by atoms with E-state index < -0.39 is 5.97 Å². The number of nitrogens with zero attached hydrogens (tertiary/aromatic N) is 2. The molecule has 0 fully saturated rings. The predicted octanol–water partition coefficient (Wildman–Crippen LogP) is 1.05. The van der Waals surface area contributed by atoms with E-state index in [0.29, 0.717) is 11.3 Å². The maximum absolute atomic E-state index is 10.1. The number of hydrogen-bond acceptors (Lipinski definition) is 3. The molecule has 0 spiro atoms. The second kappa shape index (κ2) is 4.02. The van der Waals surface area contributed by atoms with Crippen LogP contribution in [0.2, 0.25) is 0 Å². The van der Waals surface area contributed by atoms with Gasteiger partial charge in [0, 0.05) is 12.3 Å². The van der Waals surface area contributed by atoms with Crippen molar-refractivity contribution >= 4 is 12.0 Å². The van der Waals surface area contributed by atoms with Gasteiger partial charge in [0.25, 0.3) is 0 Å². The predicted molar refractivity (Wildman–Crippen MR) is 45.6 cm³/mol. The highest BCUT2D eigenvalue weighted by molar-refractivity contribution is 5.85. The minimum Gasteiger partial charge on any atom is -0.478 e. The summed E-state index contributed by atoms with van der Waals surface area (Å²) in [4.78, 5) is 13.9. The summed E-state index contributed by atoms with van der Waals surface area (Å²) < 4.78 is 0. The fourth-order valence-corrected chi connectivity index (χ4v) is 0.738. The van der Waals surface area contributed by atoms with E-state index >= 15 is 0 Å². The molecule has 1 heterocycles. The number of aromatic nitrogens is 1. The van der Waals surface area contributed by atoms with Crippen LogP contribution in [-0.2, 0) is 4.79 Å². The molecule has 4 nitrogen and oxygen atoms in total. The van der Waals surface area contributed by atoms with Gasteiger partial charge in [-0.1, -0.05) is 6.07 Å². The number of hydrogen-bond donors (Lipinski definition) is 1. The average molecular weight is 174 g/mol. The Morgan fingerprint density at radius 2 is 2.38 bits per heavy atom. The highest BCUT2D eigenvalue weighted by Crippen LogP contribution is 2.01. The lowest BCUT2D eigenvalue weighted by Gasteiger charge is -1.90. The molecule has 0 aliphatic rings. The van der Waals surface area contributed by atoms with Crippen LogP contribution in [0.1, 0.15) is 11.3 Å². The van der Waals surface area contributed by atoms with Gasteiger partial charge in [0.2, 0.25) is 0 Å². The number of carboxylic acid groups (broad SMARTS) is 1. The third-order valence-corrected chi connectivity index (χ3v) is 1.32. The van der Waals surface area contributed by atoms with Gasteiger partial charge in [-0.15, -0.1) is 0 Å². The summed E-state index contributed by atoms with van der Waals surface area (Å²) in [5.74, 6) is -1.01. The number of rotatable bonds is 2. The molecule has 4 heteroatoms. The molecule has 0 saturated heterocycles. The first kappa shape index (κ1) is 8.94. The second-order valence-corrected chi connectivity index (χ2v) is 2.26. The lowest BCUT2D eigenvalue weighted by Crippen LogP contribution is -1.86. The van der Waals surface area contributed by atoms with Crippen molar-refractivity contribution in [1.82, 2.24) is 4.98 Å². The summed E-state index contributed by atoms with van der Waals surface area (Å²) in [5, 5.41) is 16.7. The zero-order valence-corrected chi connectivity index (χ0v) is 6.64. The van der Waals surface area contributed by atoms with Crippen LogP contribution < -0.4 is 0 Å². The van der Waals surface area contributed by atoms with Crippen LogP contribution in [0.25, 0.3) is 6.08 Å². The molecule has 0 unspecified atom stereocenters. The van der Waals surface area contributed by atoms with E-state index in [1.807, 2.05) is 6.07 Å². The number of carboxylic acids is 1. The minimum absolute atomic E-state index is 0.312. The van der Waals surface area contributed by atoms with Crippen molar-refractivity contribution < 1.29 is 9.90 Å². The van der Waals surface area contributed by atoms with Crippen molar-refractivity contribution in [3.8, 4) is 6.07 Å². The van der Waals surface area contributed by atoms with Gasteiger partial charge in [0.05, 0.1) is 0 Å². The molecule has 0 bridgehead atoms. The van der Waals surface area contributed by atoms with Gasteiger partial charge in [-0.2, -0.15) is 5.26 Å².